The van der Waals surface area contributed by atoms with Crippen LogP contribution < -0.4 is 15.1 Å². The Morgan fingerprint density at radius 2 is 1.86 bits per heavy atom. The number of halogens is 1. The highest BCUT2D eigenvalue weighted by molar-refractivity contribution is 6.30. The number of benzene rings is 1. The molecule has 1 aliphatic heterocycles. The summed E-state index contributed by atoms with van der Waals surface area (Å²) in [5, 5.41) is 11.8. The van der Waals surface area contributed by atoms with Crippen molar-refractivity contribution in [2.75, 3.05) is 36.0 Å². The van der Waals surface area contributed by atoms with Crippen molar-refractivity contribution in [3.05, 3.63) is 71.3 Å². The summed E-state index contributed by atoms with van der Waals surface area (Å²) in [6.45, 7) is 3.71. The third kappa shape index (κ3) is 4.26. The Morgan fingerprint density at radius 3 is 2.54 bits per heavy atom. The summed E-state index contributed by atoms with van der Waals surface area (Å²) in [6, 6.07) is 15.0. The van der Waals surface area contributed by atoms with E-state index in [0.29, 0.717) is 12.3 Å². The van der Waals surface area contributed by atoms with Gasteiger partial charge in [0.25, 0.3) is 5.91 Å². The highest BCUT2D eigenvalue weighted by Gasteiger charge is 2.19. The zero-order valence-electron chi connectivity index (χ0n) is 15.2. The van der Waals surface area contributed by atoms with Gasteiger partial charge >= 0.3 is 0 Å². The third-order valence-corrected chi connectivity index (χ3v) is 4.90. The quantitative estimate of drug-likeness (QED) is 0.713. The van der Waals surface area contributed by atoms with Crippen molar-refractivity contribution >= 4 is 29.0 Å². The van der Waals surface area contributed by atoms with Gasteiger partial charge in [-0.15, -0.1) is 10.2 Å². The lowest BCUT2D eigenvalue weighted by molar-refractivity contribution is 0.0942. The lowest BCUT2D eigenvalue weighted by Crippen LogP contribution is -2.47. The molecule has 0 radical (unpaired) electrons. The number of nitrogens with one attached hydrogen (secondary N) is 1. The van der Waals surface area contributed by atoms with Crippen molar-refractivity contribution in [3.8, 4) is 0 Å². The number of piperazine rings is 1. The van der Waals surface area contributed by atoms with Crippen molar-refractivity contribution in [3.63, 3.8) is 0 Å². The van der Waals surface area contributed by atoms with Crippen LogP contribution in [0.25, 0.3) is 0 Å². The van der Waals surface area contributed by atoms with Gasteiger partial charge in [0.05, 0.1) is 12.8 Å². The lowest BCUT2D eigenvalue weighted by Gasteiger charge is -2.36. The zero-order chi connectivity index (χ0) is 19.3. The number of hydrogen-bond acceptors (Lipinski definition) is 6. The van der Waals surface area contributed by atoms with Gasteiger partial charge in [-0.05, 0) is 42.5 Å². The van der Waals surface area contributed by atoms with E-state index in [1.165, 1.54) is 0 Å². The van der Waals surface area contributed by atoms with Gasteiger partial charge in [0.1, 0.15) is 5.76 Å². The second kappa shape index (κ2) is 8.31. The van der Waals surface area contributed by atoms with Gasteiger partial charge in [0.2, 0.25) is 0 Å². The van der Waals surface area contributed by atoms with Crippen LogP contribution in [0.2, 0.25) is 5.02 Å². The Bertz CT molecular complexity index is 922. The van der Waals surface area contributed by atoms with Crippen molar-refractivity contribution in [1.29, 1.82) is 0 Å². The molecule has 1 aliphatic rings. The summed E-state index contributed by atoms with van der Waals surface area (Å²) < 4.78 is 5.20. The molecule has 0 atom stereocenters. The second-order valence-corrected chi connectivity index (χ2v) is 6.93. The fourth-order valence-electron chi connectivity index (χ4n) is 3.15. The van der Waals surface area contributed by atoms with Gasteiger partial charge in [0, 0.05) is 36.9 Å². The first-order valence-corrected chi connectivity index (χ1v) is 9.46. The lowest BCUT2D eigenvalue weighted by atomic mass is 10.2. The van der Waals surface area contributed by atoms with E-state index in [2.05, 4.69) is 31.4 Å². The number of carbonyl (C=O) groups is 1. The number of anilines is 2. The second-order valence-electron chi connectivity index (χ2n) is 6.49. The number of hydrogen-bond donors (Lipinski definition) is 1. The molecule has 3 aromatic rings. The van der Waals surface area contributed by atoms with E-state index >= 15 is 0 Å². The van der Waals surface area contributed by atoms with Gasteiger partial charge in [0.15, 0.2) is 11.5 Å². The Balaban J connectivity index is 1.32. The van der Waals surface area contributed by atoms with Crippen molar-refractivity contribution in [1.82, 2.24) is 15.5 Å². The molecule has 1 amide bonds. The Hall–Kier alpha value is -3.06. The normalized spacial score (nSPS) is 14.2. The van der Waals surface area contributed by atoms with Gasteiger partial charge in [-0.3, -0.25) is 4.79 Å². The average Bonchev–Trinajstić information content (AvgIpc) is 3.26. The third-order valence-electron chi connectivity index (χ3n) is 4.66. The highest BCUT2D eigenvalue weighted by Crippen LogP contribution is 2.22. The van der Waals surface area contributed by atoms with Gasteiger partial charge < -0.3 is 19.5 Å². The maximum absolute atomic E-state index is 12.2. The maximum atomic E-state index is 12.2. The van der Waals surface area contributed by atoms with E-state index in [0.717, 1.165) is 42.7 Å². The molecule has 28 heavy (non-hydrogen) atoms. The van der Waals surface area contributed by atoms with Crippen LogP contribution in [0.4, 0.5) is 11.5 Å². The Labute approximate surface area is 167 Å². The van der Waals surface area contributed by atoms with Gasteiger partial charge in [-0.1, -0.05) is 17.7 Å². The van der Waals surface area contributed by atoms with E-state index in [4.69, 9.17) is 16.0 Å². The van der Waals surface area contributed by atoms with Crippen molar-refractivity contribution < 1.29 is 9.21 Å². The van der Waals surface area contributed by atoms with Crippen LogP contribution in [0.1, 0.15) is 16.2 Å². The molecule has 0 saturated carbocycles. The van der Waals surface area contributed by atoms with Crippen molar-refractivity contribution in [2.24, 2.45) is 0 Å². The Kier molecular flexibility index (Phi) is 5.43. The van der Waals surface area contributed by atoms with Crippen LogP contribution in [-0.4, -0.2) is 42.3 Å². The molecule has 8 heteroatoms. The molecule has 0 unspecified atom stereocenters. The molecule has 4 rings (SSSR count). The van der Waals surface area contributed by atoms with Crippen molar-refractivity contribution in [2.45, 2.75) is 6.54 Å². The maximum Gasteiger partial charge on any atom is 0.272 e. The number of rotatable bonds is 5. The molecule has 1 saturated heterocycles. The summed E-state index contributed by atoms with van der Waals surface area (Å²) >= 11 is 6.09. The van der Waals surface area contributed by atoms with Crippen LogP contribution in [-0.2, 0) is 6.54 Å². The molecule has 0 spiro atoms. The molecular formula is C20H20ClN5O2. The number of nitrogens with zero attached hydrogens (tertiary/aromatic N) is 4. The van der Waals surface area contributed by atoms with E-state index in [-0.39, 0.29) is 11.6 Å². The highest BCUT2D eigenvalue weighted by atomic mass is 35.5. The fraction of sp³-hybridized carbons (Fsp3) is 0.250. The largest absolute Gasteiger partial charge is 0.467 e. The first kappa shape index (κ1) is 18.3. The number of amides is 1. The van der Waals surface area contributed by atoms with Crippen LogP contribution in [0, 0.1) is 0 Å². The van der Waals surface area contributed by atoms with Gasteiger partial charge in [-0.25, -0.2) is 0 Å². The van der Waals surface area contributed by atoms with Crippen LogP contribution in [0.5, 0.6) is 0 Å². The molecule has 1 aromatic carbocycles. The average molecular weight is 398 g/mol. The van der Waals surface area contributed by atoms with Crippen LogP contribution in [0.15, 0.2) is 59.2 Å². The summed E-state index contributed by atoms with van der Waals surface area (Å²) in [6.07, 6.45) is 1.57. The monoisotopic (exact) mass is 397 g/mol. The summed E-state index contributed by atoms with van der Waals surface area (Å²) in [5.74, 6) is 1.19. The molecular weight excluding hydrogens is 378 g/mol. The van der Waals surface area contributed by atoms with Crippen LogP contribution in [0.3, 0.4) is 0 Å². The Morgan fingerprint density at radius 1 is 1.04 bits per heavy atom. The number of aromatic nitrogens is 2. The summed E-state index contributed by atoms with van der Waals surface area (Å²) in [4.78, 5) is 16.6. The summed E-state index contributed by atoms with van der Waals surface area (Å²) in [5.41, 5.74) is 1.41. The molecule has 0 aliphatic carbocycles. The van der Waals surface area contributed by atoms with Gasteiger partial charge in [-0.2, -0.15) is 0 Å². The first-order chi connectivity index (χ1) is 13.7. The minimum absolute atomic E-state index is 0.277. The molecule has 7 nitrogen and oxygen atoms in total. The van der Waals surface area contributed by atoms with E-state index in [1.807, 2.05) is 24.3 Å². The standard InChI is InChI=1S/C20H20ClN5O2/c21-15-3-1-4-16(13-15)25-8-10-26(11-9-25)19-7-6-18(23-24-19)20(27)22-14-17-5-2-12-28-17/h1-7,12-13H,8-11,14H2,(H,22,27). The molecule has 2 aromatic heterocycles. The van der Waals surface area contributed by atoms with Crippen LogP contribution >= 0.6 is 11.6 Å². The minimum atomic E-state index is -0.277. The zero-order valence-corrected chi connectivity index (χ0v) is 16.0. The molecule has 3 heterocycles. The predicted molar refractivity (Wildman–Crippen MR) is 108 cm³/mol. The topological polar surface area (TPSA) is 74.5 Å². The fourth-order valence-corrected chi connectivity index (χ4v) is 3.34. The van der Waals surface area contributed by atoms with E-state index in [1.54, 1.807) is 24.5 Å². The molecule has 1 fully saturated rings. The predicted octanol–water partition coefficient (Wildman–Crippen LogP) is 2.98. The molecule has 1 N–H and O–H groups in total. The van der Waals surface area contributed by atoms with E-state index in [9.17, 15) is 4.79 Å². The first-order valence-electron chi connectivity index (χ1n) is 9.09. The summed E-state index contributed by atoms with van der Waals surface area (Å²) in [7, 11) is 0. The minimum Gasteiger partial charge on any atom is -0.467 e. The number of furan rings is 1. The smallest absolute Gasteiger partial charge is 0.272 e. The number of carbonyl (C=O) groups excluding carboxylic acids is 1. The SMILES string of the molecule is O=C(NCc1ccco1)c1ccc(N2CCN(c3cccc(Cl)c3)CC2)nn1. The molecule has 144 valence electrons. The molecule has 0 bridgehead atoms. The van der Waals surface area contributed by atoms with E-state index < -0.39 is 0 Å².